The van der Waals surface area contributed by atoms with Crippen LogP contribution in [0.2, 0.25) is 0 Å². The molecule has 1 aliphatic carbocycles. The minimum absolute atomic E-state index is 0.190. The fourth-order valence-electron chi connectivity index (χ4n) is 2.64. The number of hydrogen-bond donors (Lipinski definition) is 1. The van der Waals surface area contributed by atoms with Gasteiger partial charge in [0.2, 0.25) is 0 Å². The summed E-state index contributed by atoms with van der Waals surface area (Å²) >= 11 is 0. The zero-order valence-corrected chi connectivity index (χ0v) is 10.9. The van der Waals surface area contributed by atoms with Crippen molar-refractivity contribution in [3.63, 3.8) is 0 Å². The SMILES string of the molecule is CC1CCC(O)(c2ccc(OC(C)C)cc2)C1. The number of ether oxygens (including phenoxy) is 1. The molecule has 2 nitrogen and oxygen atoms in total. The minimum atomic E-state index is -0.615. The first-order valence-electron chi connectivity index (χ1n) is 6.49. The van der Waals surface area contributed by atoms with Crippen molar-refractivity contribution >= 4 is 0 Å². The van der Waals surface area contributed by atoms with E-state index in [1.165, 1.54) is 0 Å². The van der Waals surface area contributed by atoms with Crippen LogP contribution in [0.5, 0.6) is 5.75 Å². The second-order valence-electron chi connectivity index (χ2n) is 5.57. The molecule has 1 fully saturated rings. The monoisotopic (exact) mass is 234 g/mol. The van der Waals surface area contributed by atoms with Crippen LogP contribution in [0.25, 0.3) is 0 Å². The molecule has 94 valence electrons. The van der Waals surface area contributed by atoms with Crippen molar-refractivity contribution < 1.29 is 9.84 Å². The predicted molar refractivity (Wildman–Crippen MR) is 69.1 cm³/mol. The Balaban J connectivity index is 2.12. The second kappa shape index (κ2) is 4.69. The molecule has 1 saturated carbocycles. The fourth-order valence-corrected chi connectivity index (χ4v) is 2.64. The molecule has 2 rings (SSSR count). The van der Waals surface area contributed by atoms with Gasteiger partial charge in [0.05, 0.1) is 11.7 Å². The maximum absolute atomic E-state index is 10.6. The third-order valence-corrected chi connectivity index (χ3v) is 3.50. The number of rotatable bonds is 3. The average Bonchev–Trinajstić information content (AvgIpc) is 2.60. The first-order chi connectivity index (χ1) is 7.99. The topological polar surface area (TPSA) is 29.5 Å². The lowest BCUT2D eigenvalue weighted by Gasteiger charge is -2.23. The van der Waals surface area contributed by atoms with Gasteiger partial charge in [-0.25, -0.2) is 0 Å². The lowest BCUT2D eigenvalue weighted by molar-refractivity contribution is 0.0407. The molecule has 1 aromatic rings. The Morgan fingerprint density at radius 1 is 1.29 bits per heavy atom. The Morgan fingerprint density at radius 2 is 1.94 bits per heavy atom. The average molecular weight is 234 g/mol. The summed E-state index contributed by atoms with van der Waals surface area (Å²) in [6.45, 7) is 6.23. The predicted octanol–water partition coefficient (Wildman–Crippen LogP) is 3.48. The summed E-state index contributed by atoms with van der Waals surface area (Å²) in [7, 11) is 0. The van der Waals surface area contributed by atoms with Crippen molar-refractivity contribution in [2.75, 3.05) is 0 Å². The highest BCUT2D eigenvalue weighted by atomic mass is 16.5. The van der Waals surface area contributed by atoms with Crippen molar-refractivity contribution in [2.45, 2.75) is 51.7 Å². The van der Waals surface area contributed by atoms with Gasteiger partial charge in [0.1, 0.15) is 5.75 Å². The van der Waals surface area contributed by atoms with Crippen LogP contribution in [0, 0.1) is 5.92 Å². The Morgan fingerprint density at radius 3 is 2.41 bits per heavy atom. The molecule has 2 unspecified atom stereocenters. The molecule has 0 aromatic heterocycles. The smallest absolute Gasteiger partial charge is 0.119 e. The molecule has 0 saturated heterocycles. The first kappa shape index (κ1) is 12.4. The van der Waals surface area contributed by atoms with Gasteiger partial charge in [-0.1, -0.05) is 19.1 Å². The summed E-state index contributed by atoms with van der Waals surface area (Å²) in [5, 5.41) is 10.6. The van der Waals surface area contributed by atoms with E-state index in [4.69, 9.17) is 4.74 Å². The summed E-state index contributed by atoms with van der Waals surface area (Å²) in [6, 6.07) is 7.90. The molecular formula is C15H22O2. The lowest BCUT2D eigenvalue weighted by atomic mass is 9.91. The molecule has 1 aromatic carbocycles. The molecule has 2 heteroatoms. The molecule has 1 N–H and O–H groups in total. The number of hydrogen-bond acceptors (Lipinski definition) is 2. The number of benzene rings is 1. The van der Waals surface area contributed by atoms with Crippen LogP contribution in [0.1, 0.15) is 45.6 Å². The standard InChI is InChI=1S/C15H22O2/c1-11(2)17-14-6-4-13(5-7-14)15(16)9-8-12(3)10-15/h4-7,11-12,16H,8-10H2,1-3H3. The van der Waals surface area contributed by atoms with E-state index in [1.807, 2.05) is 38.1 Å². The molecular weight excluding hydrogens is 212 g/mol. The van der Waals surface area contributed by atoms with Crippen LogP contribution >= 0.6 is 0 Å². The number of aliphatic hydroxyl groups is 1. The second-order valence-corrected chi connectivity index (χ2v) is 5.57. The quantitative estimate of drug-likeness (QED) is 0.867. The summed E-state index contributed by atoms with van der Waals surface area (Å²) in [4.78, 5) is 0. The largest absolute Gasteiger partial charge is 0.491 e. The van der Waals surface area contributed by atoms with Gasteiger partial charge in [-0.2, -0.15) is 0 Å². The zero-order chi connectivity index (χ0) is 12.5. The van der Waals surface area contributed by atoms with Crippen molar-refractivity contribution in [1.82, 2.24) is 0 Å². The van der Waals surface area contributed by atoms with Gasteiger partial charge in [0.15, 0.2) is 0 Å². The molecule has 17 heavy (non-hydrogen) atoms. The van der Waals surface area contributed by atoms with Gasteiger partial charge < -0.3 is 9.84 Å². The van der Waals surface area contributed by atoms with Gasteiger partial charge in [-0.15, -0.1) is 0 Å². The maximum Gasteiger partial charge on any atom is 0.119 e. The molecule has 2 atom stereocenters. The van der Waals surface area contributed by atoms with Gasteiger partial charge in [-0.05, 0) is 56.7 Å². The van der Waals surface area contributed by atoms with Gasteiger partial charge in [-0.3, -0.25) is 0 Å². The fraction of sp³-hybridized carbons (Fsp3) is 0.600. The summed E-state index contributed by atoms with van der Waals surface area (Å²) in [5.74, 6) is 1.49. The molecule has 0 aliphatic heterocycles. The Hall–Kier alpha value is -1.02. The van der Waals surface area contributed by atoms with Gasteiger partial charge >= 0.3 is 0 Å². The van der Waals surface area contributed by atoms with E-state index in [1.54, 1.807) is 0 Å². The normalized spacial score (nSPS) is 28.6. The third kappa shape index (κ3) is 2.81. The lowest BCUT2D eigenvalue weighted by Crippen LogP contribution is -2.21. The highest BCUT2D eigenvalue weighted by Crippen LogP contribution is 2.42. The van der Waals surface area contributed by atoms with E-state index < -0.39 is 5.60 Å². The van der Waals surface area contributed by atoms with Crippen LogP contribution in [0.3, 0.4) is 0 Å². The van der Waals surface area contributed by atoms with Crippen molar-refractivity contribution in [2.24, 2.45) is 5.92 Å². The van der Waals surface area contributed by atoms with Crippen LogP contribution in [-0.4, -0.2) is 11.2 Å². The molecule has 0 heterocycles. The van der Waals surface area contributed by atoms with Crippen LogP contribution in [0.4, 0.5) is 0 Å². The highest BCUT2D eigenvalue weighted by molar-refractivity contribution is 5.31. The zero-order valence-electron chi connectivity index (χ0n) is 10.9. The third-order valence-electron chi connectivity index (χ3n) is 3.50. The first-order valence-corrected chi connectivity index (χ1v) is 6.49. The highest BCUT2D eigenvalue weighted by Gasteiger charge is 2.36. The van der Waals surface area contributed by atoms with Gasteiger partial charge in [0, 0.05) is 0 Å². The van der Waals surface area contributed by atoms with Crippen LogP contribution in [-0.2, 0) is 5.60 Å². The van der Waals surface area contributed by atoms with Gasteiger partial charge in [0.25, 0.3) is 0 Å². The van der Waals surface area contributed by atoms with E-state index in [9.17, 15) is 5.11 Å². The van der Waals surface area contributed by atoms with E-state index in [0.717, 1.165) is 30.6 Å². The van der Waals surface area contributed by atoms with E-state index in [0.29, 0.717) is 5.92 Å². The molecule has 0 radical (unpaired) electrons. The molecule has 0 spiro atoms. The van der Waals surface area contributed by atoms with Crippen molar-refractivity contribution in [3.8, 4) is 5.75 Å². The Bertz CT molecular complexity index is 369. The van der Waals surface area contributed by atoms with Crippen molar-refractivity contribution in [3.05, 3.63) is 29.8 Å². The van der Waals surface area contributed by atoms with Crippen LogP contribution in [0.15, 0.2) is 24.3 Å². The van der Waals surface area contributed by atoms with Crippen LogP contribution < -0.4 is 4.74 Å². The van der Waals surface area contributed by atoms with E-state index >= 15 is 0 Å². The summed E-state index contributed by atoms with van der Waals surface area (Å²) in [6.07, 6.45) is 3.05. The molecule has 1 aliphatic rings. The molecule has 0 amide bonds. The molecule has 0 bridgehead atoms. The summed E-state index contributed by atoms with van der Waals surface area (Å²) < 4.78 is 5.60. The minimum Gasteiger partial charge on any atom is -0.491 e. The maximum atomic E-state index is 10.6. The van der Waals surface area contributed by atoms with Crippen molar-refractivity contribution in [1.29, 1.82) is 0 Å². The van der Waals surface area contributed by atoms with E-state index in [-0.39, 0.29) is 6.10 Å². The van der Waals surface area contributed by atoms with E-state index in [2.05, 4.69) is 6.92 Å². The summed E-state index contributed by atoms with van der Waals surface area (Å²) in [5.41, 5.74) is 0.411. The Labute approximate surface area is 104 Å². The Kier molecular flexibility index (Phi) is 3.43.